The number of nitrogens with zero attached hydrogens (tertiary/aromatic N) is 3. The number of carbonyl (C=O) groups is 1. The Balaban J connectivity index is 1.69. The number of hydrogen-bond donors (Lipinski definition) is 1. The van der Waals surface area contributed by atoms with E-state index in [1.807, 2.05) is 13.8 Å². The van der Waals surface area contributed by atoms with Gasteiger partial charge in [0.25, 0.3) is 0 Å². The van der Waals surface area contributed by atoms with Crippen LogP contribution in [0.15, 0.2) is 46.1 Å². The topological polar surface area (TPSA) is 81.2 Å². The van der Waals surface area contributed by atoms with Gasteiger partial charge >= 0.3 is 0 Å². The van der Waals surface area contributed by atoms with E-state index in [9.17, 15) is 9.18 Å². The van der Waals surface area contributed by atoms with E-state index in [0.29, 0.717) is 16.4 Å². The summed E-state index contributed by atoms with van der Waals surface area (Å²) in [5, 5.41) is 0.462. The van der Waals surface area contributed by atoms with Crippen LogP contribution in [-0.4, -0.2) is 20.9 Å². The molecular weight excluding hydrogens is 387 g/mol. The van der Waals surface area contributed by atoms with E-state index in [1.54, 1.807) is 18.3 Å². The number of Topliss-reactive ketones (excluding diaryl/α,β-unsaturated/α-hetero) is 1. The largest absolute Gasteiger partial charge is 0.378 e. The van der Waals surface area contributed by atoms with Crippen LogP contribution in [0.2, 0.25) is 0 Å². The molecule has 0 saturated heterocycles. The molecule has 0 spiro atoms. The first-order valence-corrected chi connectivity index (χ1v) is 10.5. The van der Waals surface area contributed by atoms with Gasteiger partial charge in [-0.3, -0.25) is 9.78 Å². The smallest absolute Gasteiger partial charge is 0.187 e. The Labute approximate surface area is 173 Å². The van der Waals surface area contributed by atoms with Crippen LogP contribution < -0.4 is 5.73 Å². The number of rotatable bonds is 4. The average Bonchev–Trinajstić information content (AvgIpc) is 2.69. The maximum absolute atomic E-state index is 14.9. The van der Waals surface area contributed by atoms with E-state index < -0.39 is 5.54 Å². The van der Waals surface area contributed by atoms with E-state index in [1.165, 1.54) is 28.9 Å². The van der Waals surface area contributed by atoms with Gasteiger partial charge in [0.05, 0.1) is 11.9 Å². The number of nitrogens with two attached hydrogens (primary N) is 1. The van der Waals surface area contributed by atoms with Gasteiger partial charge in [0.15, 0.2) is 11.0 Å². The Morgan fingerprint density at radius 3 is 2.79 bits per heavy atom. The van der Waals surface area contributed by atoms with Gasteiger partial charge in [0, 0.05) is 18.2 Å². The zero-order valence-corrected chi connectivity index (χ0v) is 17.4. The summed E-state index contributed by atoms with van der Waals surface area (Å²) in [7, 11) is 0. The Bertz CT molecular complexity index is 1030. The number of allylic oxidation sites excluding steroid dienone is 1. The van der Waals surface area contributed by atoms with E-state index in [0.717, 1.165) is 42.5 Å². The fourth-order valence-corrected chi connectivity index (χ4v) is 5.18. The van der Waals surface area contributed by atoms with Gasteiger partial charge in [0.1, 0.15) is 17.1 Å². The standard InChI is InChI=1S/C22H23FN4OS/c1-13-11-26-18(12-25-13)19(28)10-14-7-8-17(23)16(9-14)22(2)15-5-3-4-6-20(15)29-21(24)27-22/h7-9,11-12H,3-6,10H2,1-2H3,(H2,24,27)/t22-/m0/s1. The number of aromatic nitrogens is 2. The van der Waals surface area contributed by atoms with Gasteiger partial charge in [0.2, 0.25) is 0 Å². The van der Waals surface area contributed by atoms with Crippen molar-refractivity contribution in [1.29, 1.82) is 0 Å². The van der Waals surface area contributed by atoms with Crippen LogP contribution >= 0.6 is 11.8 Å². The molecule has 2 aliphatic rings. The molecule has 5 nitrogen and oxygen atoms in total. The maximum Gasteiger partial charge on any atom is 0.187 e. The van der Waals surface area contributed by atoms with Crippen LogP contribution in [-0.2, 0) is 12.0 Å². The highest BCUT2D eigenvalue weighted by atomic mass is 32.2. The summed E-state index contributed by atoms with van der Waals surface area (Å²) in [4.78, 5) is 26.8. The molecule has 4 rings (SSSR count). The summed E-state index contributed by atoms with van der Waals surface area (Å²) in [5.41, 5.74) is 8.66. The number of amidine groups is 1. The third kappa shape index (κ3) is 3.83. The number of hydrogen-bond acceptors (Lipinski definition) is 6. The van der Waals surface area contributed by atoms with Crippen LogP contribution in [0.25, 0.3) is 0 Å². The van der Waals surface area contributed by atoms with Crippen LogP contribution in [0.4, 0.5) is 4.39 Å². The number of halogens is 1. The van der Waals surface area contributed by atoms with Crippen molar-refractivity contribution in [2.45, 2.75) is 51.5 Å². The van der Waals surface area contributed by atoms with Crippen molar-refractivity contribution in [1.82, 2.24) is 9.97 Å². The molecule has 1 aliphatic heterocycles. The van der Waals surface area contributed by atoms with E-state index in [-0.39, 0.29) is 18.0 Å². The van der Waals surface area contributed by atoms with Crippen LogP contribution in [0.5, 0.6) is 0 Å². The molecule has 0 amide bonds. The fraction of sp³-hybridized carbons (Fsp3) is 0.364. The molecule has 0 radical (unpaired) electrons. The lowest BCUT2D eigenvalue weighted by molar-refractivity contribution is 0.0987. The Hall–Kier alpha value is -2.54. The lowest BCUT2D eigenvalue weighted by Gasteiger charge is -2.37. The summed E-state index contributed by atoms with van der Waals surface area (Å²) < 4.78 is 14.9. The van der Waals surface area contributed by atoms with Gasteiger partial charge in [-0.1, -0.05) is 17.8 Å². The number of carbonyl (C=O) groups excluding carboxylic acids is 1. The molecule has 2 heterocycles. The summed E-state index contributed by atoms with van der Waals surface area (Å²) in [6.45, 7) is 3.74. The summed E-state index contributed by atoms with van der Waals surface area (Å²) in [6, 6.07) is 4.81. The highest BCUT2D eigenvalue weighted by Crippen LogP contribution is 2.48. The summed E-state index contributed by atoms with van der Waals surface area (Å²) >= 11 is 1.50. The summed E-state index contributed by atoms with van der Waals surface area (Å²) in [5.74, 6) is -0.486. The van der Waals surface area contributed by atoms with Crippen molar-refractivity contribution in [3.8, 4) is 0 Å². The van der Waals surface area contributed by atoms with Crippen molar-refractivity contribution in [3.63, 3.8) is 0 Å². The Kier molecular flexibility index (Phi) is 5.25. The molecule has 0 bridgehead atoms. The number of ketones is 1. The predicted molar refractivity (Wildman–Crippen MR) is 113 cm³/mol. The third-order valence-electron chi connectivity index (χ3n) is 5.55. The van der Waals surface area contributed by atoms with E-state index in [4.69, 9.17) is 5.73 Å². The number of aliphatic imine (C=N–C) groups is 1. The van der Waals surface area contributed by atoms with Crippen LogP contribution in [0.3, 0.4) is 0 Å². The highest BCUT2D eigenvalue weighted by Gasteiger charge is 2.39. The molecule has 29 heavy (non-hydrogen) atoms. The molecular formula is C22H23FN4OS. The van der Waals surface area contributed by atoms with Crippen molar-refractivity contribution in [2.75, 3.05) is 0 Å². The molecule has 7 heteroatoms. The van der Waals surface area contributed by atoms with Gasteiger partial charge in [-0.2, -0.15) is 0 Å². The van der Waals surface area contributed by atoms with E-state index >= 15 is 0 Å². The van der Waals surface area contributed by atoms with Gasteiger partial charge in [-0.25, -0.2) is 14.4 Å². The van der Waals surface area contributed by atoms with Gasteiger partial charge in [-0.15, -0.1) is 0 Å². The zero-order chi connectivity index (χ0) is 20.6. The lowest BCUT2D eigenvalue weighted by atomic mass is 9.78. The minimum Gasteiger partial charge on any atom is -0.378 e. The molecule has 0 fully saturated rings. The molecule has 1 atom stereocenters. The molecule has 0 unspecified atom stereocenters. The first-order chi connectivity index (χ1) is 13.9. The monoisotopic (exact) mass is 410 g/mol. The minimum absolute atomic E-state index is 0.126. The molecule has 0 saturated carbocycles. The number of thioether (sulfide) groups is 1. The summed E-state index contributed by atoms with van der Waals surface area (Å²) in [6.07, 6.45) is 7.19. The van der Waals surface area contributed by atoms with Gasteiger partial charge in [-0.05, 0) is 67.7 Å². The third-order valence-corrected chi connectivity index (χ3v) is 6.55. The molecule has 2 N–H and O–H groups in total. The van der Waals surface area contributed by atoms with E-state index in [2.05, 4.69) is 15.0 Å². The predicted octanol–water partition coefficient (Wildman–Crippen LogP) is 4.45. The molecule has 1 aliphatic carbocycles. The van der Waals surface area contributed by atoms with Crippen LogP contribution in [0, 0.1) is 12.7 Å². The van der Waals surface area contributed by atoms with Crippen molar-refractivity contribution >= 4 is 22.7 Å². The molecule has 1 aromatic carbocycles. The number of benzene rings is 1. The van der Waals surface area contributed by atoms with Gasteiger partial charge < -0.3 is 5.73 Å². The zero-order valence-electron chi connectivity index (χ0n) is 16.5. The maximum atomic E-state index is 14.9. The lowest BCUT2D eigenvalue weighted by Crippen LogP contribution is -2.32. The second-order valence-corrected chi connectivity index (χ2v) is 8.81. The molecule has 2 aromatic rings. The minimum atomic E-state index is -0.835. The first-order valence-electron chi connectivity index (χ1n) is 9.73. The van der Waals surface area contributed by atoms with Crippen molar-refractivity contribution in [2.24, 2.45) is 10.7 Å². The molecule has 150 valence electrons. The quantitative estimate of drug-likeness (QED) is 0.753. The number of aryl methyl sites for hydroxylation is 1. The normalized spacial score (nSPS) is 21.6. The average molecular weight is 411 g/mol. The molecule has 1 aromatic heterocycles. The Morgan fingerprint density at radius 2 is 2.03 bits per heavy atom. The SMILES string of the molecule is Cc1cnc(C(=O)Cc2ccc(F)c([C@@]3(C)N=C(N)SC4=C3CCCC4)c2)cn1. The fourth-order valence-electron chi connectivity index (χ4n) is 4.03. The van der Waals surface area contributed by atoms with Crippen molar-refractivity contribution < 1.29 is 9.18 Å². The second kappa shape index (κ2) is 7.71. The van der Waals surface area contributed by atoms with Crippen LogP contribution in [0.1, 0.15) is 59.9 Å². The van der Waals surface area contributed by atoms with Crippen molar-refractivity contribution in [3.05, 3.63) is 69.4 Å². The first kappa shape index (κ1) is 19.8. The highest BCUT2D eigenvalue weighted by molar-refractivity contribution is 8.17. The Morgan fingerprint density at radius 1 is 1.24 bits per heavy atom. The second-order valence-electron chi connectivity index (χ2n) is 7.69.